The highest BCUT2D eigenvalue weighted by Crippen LogP contribution is 2.25. The summed E-state index contributed by atoms with van der Waals surface area (Å²) in [6.45, 7) is 3.83. The summed E-state index contributed by atoms with van der Waals surface area (Å²) in [6.07, 6.45) is 1.25. The molecule has 2 rings (SSSR count). The first kappa shape index (κ1) is 16.1. The van der Waals surface area contributed by atoms with Crippen LogP contribution in [-0.4, -0.2) is 55.4 Å². The molecule has 0 aliphatic rings. The maximum Gasteiger partial charge on any atom is 0.148 e. The third-order valence-electron chi connectivity index (χ3n) is 2.97. The van der Waals surface area contributed by atoms with Crippen LogP contribution in [0.5, 0.6) is 0 Å². The van der Waals surface area contributed by atoms with Crippen LogP contribution < -0.4 is 5.32 Å². The second kappa shape index (κ2) is 6.67. The SMILES string of the molecule is CCNc1nc(CN(C)CCS(C)(=O)=O)nc2sccc12. The number of hydrogen-bond acceptors (Lipinski definition) is 7. The third kappa shape index (κ3) is 4.62. The van der Waals surface area contributed by atoms with E-state index in [1.54, 1.807) is 11.3 Å². The monoisotopic (exact) mass is 328 g/mol. The van der Waals surface area contributed by atoms with Gasteiger partial charge in [0.25, 0.3) is 0 Å². The first-order valence-corrected chi connectivity index (χ1v) is 9.67. The zero-order valence-electron chi connectivity index (χ0n) is 12.5. The molecule has 0 radical (unpaired) electrons. The van der Waals surface area contributed by atoms with Gasteiger partial charge in [-0.05, 0) is 25.4 Å². The van der Waals surface area contributed by atoms with Crippen molar-refractivity contribution in [3.63, 3.8) is 0 Å². The van der Waals surface area contributed by atoms with Crippen molar-refractivity contribution < 1.29 is 8.42 Å². The summed E-state index contributed by atoms with van der Waals surface area (Å²) < 4.78 is 22.4. The van der Waals surface area contributed by atoms with E-state index >= 15 is 0 Å². The summed E-state index contributed by atoms with van der Waals surface area (Å²) in [5.41, 5.74) is 0. The van der Waals surface area contributed by atoms with Gasteiger partial charge in [0.2, 0.25) is 0 Å². The number of fused-ring (bicyclic) bond motifs is 1. The van der Waals surface area contributed by atoms with E-state index in [2.05, 4.69) is 15.3 Å². The van der Waals surface area contributed by atoms with E-state index < -0.39 is 9.84 Å². The van der Waals surface area contributed by atoms with Gasteiger partial charge in [-0.2, -0.15) is 0 Å². The largest absolute Gasteiger partial charge is 0.370 e. The minimum atomic E-state index is -2.95. The molecule has 6 nitrogen and oxygen atoms in total. The van der Waals surface area contributed by atoms with Crippen LogP contribution >= 0.6 is 11.3 Å². The van der Waals surface area contributed by atoms with Crippen molar-refractivity contribution in [3.05, 3.63) is 17.3 Å². The van der Waals surface area contributed by atoms with E-state index in [-0.39, 0.29) is 5.75 Å². The Bertz CT molecular complexity index is 712. The number of nitrogens with zero attached hydrogens (tertiary/aromatic N) is 3. The zero-order chi connectivity index (χ0) is 15.5. The molecule has 0 atom stereocenters. The predicted molar refractivity (Wildman–Crippen MR) is 87.6 cm³/mol. The average molecular weight is 328 g/mol. The molecular weight excluding hydrogens is 308 g/mol. The first-order valence-electron chi connectivity index (χ1n) is 6.73. The second-order valence-corrected chi connectivity index (χ2v) is 8.18. The van der Waals surface area contributed by atoms with E-state index in [9.17, 15) is 8.42 Å². The van der Waals surface area contributed by atoms with Crippen LogP contribution in [0, 0.1) is 0 Å². The van der Waals surface area contributed by atoms with Gasteiger partial charge in [-0.25, -0.2) is 18.4 Å². The van der Waals surface area contributed by atoms with Gasteiger partial charge in [-0.3, -0.25) is 4.90 Å². The first-order chi connectivity index (χ1) is 9.89. The van der Waals surface area contributed by atoms with Crippen LogP contribution in [0.1, 0.15) is 12.7 Å². The molecule has 21 heavy (non-hydrogen) atoms. The normalized spacial score (nSPS) is 12.2. The Morgan fingerprint density at radius 1 is 1.38 bits per heavy atom. The number of sulfone groups is 1. The third-order valence-corrected chi connectivity index (χ3v) is 4.70. The summed E-state index contributed by atoms with van der Waals surface area (Å²) in [5.74, 6) is 1.69. The smallest absolute Gasteiger partial charge is 0.148 e. The van der Waals surface area contributed by atoms with Gasteiger partial charge in [-0.15, -0.1) is 11.3 Å². The highest BCUT2D eigenvalue weighted by molar-refractivity contribution is 7.90. The molecule has 0 unspecified atom stereocenters. The van der Waals surface area contributed by atoms with Crippen molar-refractivity contribution in [3.8, 4) is 0 Å². The summed E-state index contributed by atoms with van der Waals surface area (Å²) in [7, 11) is -1.07. The van der Waals surface area contributed by atoms with Crippen molar-refractivity contribution in [1.29, 1.82) is 0 Å². The average Bonchev–Trinajstić information content (AvgIpc) is 2.84. The molecule has 0 spiro atoms. The fourth-order valence-corrected chi connectivity index (χ4v) is 3.34. The summed E-state index contributed by atoms with van der Waals surface area (Å²) in [5, 5.41) is 6.28. The number of hydrogen-bond donors (Lipinski definition) is 1. The van der Waals surface area contributed by atoms with Crippen LogP contribution in [0.25, 0.3) is 10.2 Å². The highest BCUT2D eigenvalue weighted by atomic mass is 32.2. The number of nitrogens with one attached hydrogen (secondary N) is 1. The van der Waals surface area contributed by atoms with E-state index in [0.29, 0.717) is 18.9 Å². The van der Waals surface area contributed by atoms with Crippen molar-refractivity contribution in [2.24, 2.45) is 0 Å². The van der Waals surface area contributed by atoms with Gasteiger partial charge in [0.05, 0.1) is 17.7 Å². The summed E-state index contributed by atoms with van der Waals surface area (Å²) in [6, 6.07) is 2.01. The lowest BCUT2D eigenvalue weighted by molar-refractivity contribution is 0.337. The number of thiophene rings is 1. The van der Waals surface area contributed by atoms with Crippen LogP contribution in [0.3, 0.4) is 0 Å². The highest BCUT2D eigenvalue weighted by Gasteiger charge is 2.11. The molecule has 0 saturated heterocycles. The van der Waals surface area contributed by atoms with E-state index in [4.69, 9.17) is 0 Å². The lowest BCUT2D eigenvalue weighted by Gasteiger charge is -2.15. The molecule has 0 saturated carbocycles. The van der Waals surface area contributed by atoms with Crippen LogP contribution in [-0.2, 0) is 16.4 Å². The van der Waals surface area contributed by atoms with Gasteiger partial charge in [0, 0.05) is 19.3 Å². The molecule has 1 N–H and O–H groups in total. The van der Waals surface area contributed by atoms with Crippen LogP contribution in [0.15, 0.2) is 11.4 Å². The molecular formula is C13H20N4O2S2. The molecule has 2 heterocycles. The Kier molecular flexibility index (Phi) is 5.13. The number of aromatic nitrogens is 2. The molecule has 0 bridgehead atoms. The molecule has 0 aliphatic heterocycles. The van der Waals surface area contributed by atoms with Gasteiger partial charge in [-0.1, -0.05) is 0 Å². The van der Waals surface area contributed by atoms with Crippen LogP contribution in [0.2, 0.25) is 0 Å². The summed E-state index contributed by atoms with van der Waals surface area (Å²) >= 11 is 1.58. The Morgan fingerprint density at radius 2 is 2.14 bits per heavy atom. The Balaban J connectivity index is 2.14. The molecule has 0 amide bonds. The van der Waals surface area contributed by atoms with Crippen molar-refractivity contribution >= 4 is 37.2 Å². The maximum absolute atomic E-state index is 11.2. The fourth-order valence-electron chi connectivity index (χ4n) is 1.91. The molecule has 2 aromatic rings. The predicted octanol–water partition coefficient (Wildman–Crippen LogP) is 1.60. The maximum atomic E-state index is 11.2. The lowest BCUT2D eigenvalue weighted by atomic mass is 10.3. The quantitative estimate of drug-likeness (QED) is 0.832. The fraction of sp³-hybridized carbons (Fsp3) is 0.538. The lowest BCUT2D eigenvalue weighted by Crippen LogP contribution is -2.26. The molecule has 0 fully saturated rings. The molecule has 0 aliphatic carbocycles. The molecule has 116 valence electrons. The van der Waals surface area contributed by atoms with Gasteiger partial charge in [0.15, 0.2) is 0 Å². The number of rotatable bonds is 7. The summed E-state index contributed by atoms with van der Waals surface area (Å²) in [4.78, 5) is 12.0. The van der Waals surface area contributed by atoms with Gasteiger partial charge >= 0.3 is 0 Å². The molecule has 2 aromatic heterocycles. The van der Waals surface area contributed by atoms with Crippen molar-refractivity contribution in [2.75, 3.05) is 37.5 Å². The Labute approximate surface area is 129 Å². The number of anilines is 1. The second-order valence-electron chi connectivity index (χ2n) is 5.03. The minimum absolute atomic E-state index is 0.144. The topological polar surface area (TPSA) is 75.2 Å². The van der Waals surface area contributed by atoms with E-state index in [1.807, 2.05) is 30.3 Å². The van der Waals surface area contributed by atoms with E-state index in [1.165, 1.54) is 6.26 Å². The minimum Gasteiger partial charge on any atom is -0.370 e. The van der Waals surface area contributed by atoms with E-state index in [0.717, 1.165) is 22.6 Å². The Morgan fingerprint density at radius 3 is 2.81 bits per heavy atom. The molecule has 0 aromatic carbocycles. The Hall–Kier alpha value is -1.25. The standard InChI is InChI=1S/C13H20N4O2S2/c1-4-14-12-10-5-7-20-13(10)16-11(15-12)9-17(2)6-8-21(3,18)19/h5,7H,4,6,8-9H2,1-3H3,(H,14,15,16). The molecule has 8 heteroatoms. The zero-order valence-corrected chi connectivity index (χ0v) is 14.1. The van der Waals surface area contributed by atoms with Crippen molar-refractivity contribution in [1.82, 2.24) is 14.9 Å². The van der Waals surface area contributed by atoms with Crippen molar-refractivity contribution in [2.45, 2.75) is 13.5 Å². The van der Waals surface area contributed by atoms with Gasteiger partial charge < -0.3 is 5.32 Å². The van der Waals surface area contributed by atoms with Gasteiger partial charge in [0.1, 0.15) is 26.3 Å². The van der Waals surface area contributed by atoms with Crippen LogP contribution in [0.4, 0.5) is 5.82 Å².